The molecule has 1 unspecified atom stereocenters. The summed E-state index contributed by atoms with van der Waals surface area (Å²) in [6.07, 6.45) is 2.48. The SMILES string of the molecule is CCCC(NS(=O)(=O)c1cc2c3c(c1)CC(=O)N3CCC2)C(=O)O. The second-order valence-electron chi connectivity index (χ2n) is 6.22. The number of nitrogens with zero attached hydrogens (tertiary/aromatic N) is 1. The van der Waals surface area contributed by atoms with Gasteiger partial charge in [-0.05, 0) is 42.5 Å². The zero-order chi connectivity index (χ0) is 17.5. The van der Waals surface area contributed by atoms with Crippen LogP contribution in [0.5, 0.6) is 0 Å². The highest BCUT2D eigenvalue weighted by atomic mass is 32.2. The molecule has 2 N–H and O–H groups in total. The van der Waals surface area contributed by atoms with E-state index < -0.39 is 22.0 Å². The van der Waals surface area contributed by atoms with E-state index in [2.05, 4.69) is 4.72 Å². The highest BCUT2D eigenvalue weighted by molar-refractivity contribution is 7.89. The van der Waals surface area contributed by atoms with Gasteiger partial charge in [0.15, 0.2) is 0 Å². The van der Waals surface area contributed by atoms with Crippen LogP contribution in [0.3, 0.4) is 0 Å². The van der Waals surface area contributed by atoms with Crippen molar-refractivity contribution in [2.45, 2.75) is 50.0 Å². The van der Waals surface area contributed by atoms with Gasteiger partial charge in [-0.1, -0.05) is 13.3 Å². The van der Waals surface area contributed by atoms with Crippen molar-refractivity contribution in [3.05, 3.63) is 23.3 Å². The van der Waals surface area contributed by atoms with E-state index in [0.29, 0.717) is 24.9 Å². The first kappa shape index (κ1) is 16.9. The van der Waals surface area contributed by atoms with Crippen LogP contribution in [0.15, 0.2) is 17.0 Å². The van der Waals surface area contributed by atoms with E-state index >= 15 is 0 Å². The molecular formula is C16H20N2O5S. The minimum Gasteiger partial charge on any atom is -0.480 e. The highest BCUT2D eigenvalue weighted by Crippen LogP contribution is 2.38. The van der Waals surface area contributed by atoms with Crippen molar-refractivity contribution in [2.75, 3.05) is 11.4 Å². The molecule has 1 atom stereocenters. The number of aryl methyl sites for hydroxylation is 1. The lowest BCUT2D eigenvalue weighted by Crippen LogP contribution is -2.40. The molecule has 0 aromatic heterocycles. The largest absolute Gasteiger partial charge is 0.480 e. The average Bonchev–Trinajstić information content (AvgIpc) is 2.84. The van der Waals surface area contributed by atoms with Crippen LogP contribution in [0.25, 0.3) is 0 Å². The average molecular weight is 352 g/mol. The molecule has 0 bridgehead atoms. The maximum Gasteiger partial charge on any atom is 0.321 e. The number of carboxylic acids is 1. The maximum absolute atomic E-state index is 12.6. The molecule has 2 aliphatic heterocycles. The van der Waals surface area contributed by atoms with Crippen molar-refractivity contribution in [2.24, 2.45) is 0 Å². The molecule has 1 aromatic rings. The fraction of sp³-hybridized carbons (Fsp3) is 0.500. The number of nitrogens with one attached hydrogen (secondary N) is 1. The Morgan fingerprint density at radius 3 is 2.75 bits per heavy atom. The topological polar surface area (TPSA) is 104 Å². The number of amides is 1. The van der Waals surface area contributed by atoms with Gasteiger partial charge in [0, 0.05) is 6.54 Å². The van der Waals surface area contributed by atoms with Crippen LogP contribution in [0.4, 0.5) is 5.69 Å². The van der Waals surface area contributed by atoms with Gasteiger partial charge in [-0.3, -0.25) is 9.59 Å². The quantitative estimate of drug-likeness (QED) is 0.796. The number of carbonyl (C=O) groups excluding carboxylic acids is 1. The zero-order valence-corrected chi connectivity index (χ0v) is 14.2. The second kappa shape index (κ2) is 6.18. The second-order valence-corrected chi connectivity index (χ2v) is 7.93. The summed E-state index contributed by atoms with van der Waals surface area (Å²) in [5, 5.41) is 9.17. The number of carboxylic acid groups (broad SMARTS) is 1. The third-order valence-electron chi connectivity index (χ3n) is 4.46. The summed E-state index contributed by atoms with van der Waals surface area (Å²) in [6.45, 7) is 2.46. The molecule has 1 aromatic carbocycles. The minimum absolute atomic E-state index is 0.0112. The summed E-state index contributed by atoms with van der Waals surface area (Å²) >= 11 is 0. The summed E-state index contributed by atoms with van der Waals surface area (Å²) in [7, 11) is -3.95. The molecule has 0 spiro atoms. The molecule has 8 heteroatoms. The molecule has 0 saturated carbocycles. The standard InChI is InChI=1S/C16H20N2O5S/c1-2-4-13(16(20)21)17-24(22,23)12-7-10-5-3-6-18-14(19)9-11(8-12)15(10)18/h7-8,13,17H,2-6,9H2,1H3,(H,20,21). The van der Waals surface area contributed by atoms with E-state index in [9.17, 15) is 23.1 Å². The van der Waals surface area contributed by atoms with Gasteiger partial charge in [0.25, 0.3) is 0 Å². The van der Waals surface area contributed by atoms with E-state index in [-0.39, 0.29) is 23.6 Å². The Balaban J connectivity index is 1.97. The monoisotopic (exact) mass is 352 g/mol. The summed E-state index contributed by atoms with van der Waals surface area (Å²) < 4.78 is 27.5. The summed E-state index contributed by atoms with van der Waals surface area (Å²) in [5.41, 5.74) is 2.39. The Morgan fingerprint density at radius 2 is 2.08 bits per heavy atom. The number of hydrogen-bond acceptors (Lipinski definition) is 4. The van der Waals surface area contributed by atoms with E-state index in [1.54, 1.807) is 17.9 Å². The Kier molecular flexibility index (Phi) is 4.35. The van der Waals surface area contributed by atoms with Gasteiger partial charge < -0.3 is 10.0 Å². The molecule has 0 saturated heterocycles. The number of aliphatic carboxylic acids is 1. The zero-order valence-electron chi connectivity index (χ0n) is 13.4. The number of benzene rings is 1. The maximum atomic E-state index is 12.6. The lowest BCUT2D eigenvalue weighted by atomic mass is 10.0. The van der Waals surface area contributed by atoms with Crippen LogP contribution >= 0.6 is 0 Å². The van der Waals surface area contributed by atoms with Gasteiger partial charge in [-0.25, -0.2) is 8.42 Å². The van der Waals surface area contributed by atoms with Crippen molar-refractivity contribution in [1.29, 1.82) is 0 Å². The summed E-state index contributed by atoms with van der Waals surface area (Å²) in [4.78, 5) is 25.0. The Labute approximate surface area is 140 Å². The van der Waals surface area contributed by atoms with Crippen molar-refractivity contribution in [1.82, 2.24) is 4.72 Å². The minimum atomic E-state index is -3.95. The van der Waals surface area contributed by atoms with Crippen molar-refractivity contribution >= 4 is 27.6 Å². The van der Waals surface area contributed by atoms with Gasteiger partial charge >= 0.3 is 5.97 Å². The summed E-state index contributed by atoms with van der Waals surface area (Å²) in [5.74, 6) is -1.20. The predicted octanol–water partition coefficient (Wildman–Crippen LogP) is 1.05. The fourth-order valence-corrected chi connectivity index (χ4v) is 4.70. The highest BCUT2D eigenvalue weighted by Gasteiger charge is 2.34. The van der Waals surface area contributed by atoms with Gasteiger partial charge in [-0.2, -0.15) is 4.72 Å². The number of anilines is 1. The number of sulfonamides is 1. The molecule has 130 valence electrons. The molecule has 2 heterocycles. The van der Waals surface area contributed by atoms with E-state index in [1.165, 1.54) is 6.07 Å². The Bertz CT molecular complexity index is 803. The molecule has 0 radical (unpaired) electrons. The first-order chi connectivity index (χ1) is 11.3. The Hall–Kier alpha value is -1.93. The van der Waals surface area contributed by atoms with Gasteiger partial charge in [0.05, 0.1) is 17.0 Å². The molecule has 7 nitrogen and oxygen atoms in total. The van der Waals surface area contributed by atoms with Gasteiger partial charge in [-0.15, -0.1) is 0 Å². The molecule has 1 amide bonds. The Morgan fingerprint density at radius 1 is 1.38 bits per heavy atom. The van der Waals surface area contributed by atoms with Crippen LogP contribution < -0.4 is 9.62 Å². The van der Waals surface area contributed by atoms with Crippen LogP contribution in [0.1, 0.15) is 37.3 Å². The molecule has 2 aliphatic rings. The van der Waals surface area contributed by atoms with Crippen LogP contribution in [-0.2, 0) is 32.5 Å². The predicted molar refractivity (Wildman–Crippen MR) is 87.5 cm³/mol. The lowest BCUT2D eigenvalue weighted by molar-refractivity contribution is -0.139. The van der Waals surface area contributed by atoms with Crippen LogP contribution in [-0.4, -0.2) is 38.0 Å². The van der Waals surface area contributed by atoms with Gasteiger partial charge in [0.1, 0.15) is 6.04 Å². The normalized spacial score (nSPS) is 17.7. The molecule has 0 aliphatic carbocycles. The fourth-order valence-electron chi connectivity index (χ4n) is 3.38. The van der Waals surface area contributed by atoms with Crippen LogP contribution in [0.2, 0.25) is 0 Å². The first-order valence-corrected chi connectivity index (χ1v) is 9.53. The van der Waals surface area contributed by atoms with Gasteiger partial charge in [0.2, 0.25) is 15.9 Å². The third-order valence-corrected chi connectivity index (χ3v) is 5.92. The van der Waals surface area contributed by atoms with Crippen molar-refractivity contribution in [3.8, 4) is 0 Å². The number of hydrogen-bond donors (Lipinski definition) is 2. The number of carbonyl (C=O) groups is 2. The van der Waals surface area contributed by atoms with Crippen molar-refractivity contribution < 1.29 is 23.1 Å². The van der Waals surface area contributed by atoms with Crippen LogP contribution in [0, 0.1) is 0 Å². The lowest BCUT2D eigenvalue weighted by Gasteiger charge is -2.26. The molecule has 3 rings (SSSR count). The van der Waals surface area contributed by atoms with E-state index in [1.807, 2.05) is 0 Å². The van der Waals surface area contributed by atoms with E-state index in [4.69, 9.17) is 0 Å². The molecular weight excluding hydrogens is 332 g/mol. The summed E-state index contributed by atoms with van der Waals surface area (Å²) in [6, 6.07) is 1.91. The van der Waals surface area contributed by atoms with E-state index in [0.717, 1.165) is 17.7 Å². The molecule has 24 heavy (non-hydrogen) atoms. The first-order valence-electron chi connectivity index (χ1n) is 8.04. The smallest absolute Gasteiger partial charge is 0.321 e. The van der Waals surface area contributed by atoms with Crippen molar-refractivity contribution in [3.63, 3.8) is 0 Å². The molecule has 0 fully saturated rings. The number of rotatable bonds is 6. The third kappa shape index (κ3) is 2.91.